The van der Waals surface area contributed by atoms with Crippen LogP contribution in [0.3, 0.4) is 0 Å². The molecule has 2 amide bonds. The second kappa shape index (κ2) is 10.3. The van der Waals surface area contributed by atoms with E-state index in [1.165, 1.54) is 0 Å². The quantitative estimate of drug-likeness (QED) is 0.409. The van der Waals surface area contributed by atoms with Gasteiger partial charge in [-0.1, -0.05) is 48.5 Å². The van der Waals surface area contributed by atoms with Gasteiger partial charge in [0.2, 0.25) is 5.91 Å². The summed E-state index contributed by atoms with van der Waals surface area (Å²) in [5, 5.41) is 6.34. The molecular weight excluding hydrogens is 446 g/mol. The van der Waals surface area contributed by atoms with Gasteiger partial charge >= 0.3 is 0 Å². The minimum Gasteiger partial charge on any atom is -0.378 e. The van der Waals surface area contributed by atoms with E-state index < -0.39 is 0 Å². The lowest BCUT2D eigenvalue weighted by atomic mass is 10.1. The number of rotatable bonds is 7. The maximum atomic E-state index is 12.7. The van der Waals surface area contributed by atoms with Gasteiger partial charge in [-0.05, 0) is 29.0 Å². The Morgan fingerprint density at radius 1 is 0.941 bits per heavy atom. The van der Waals surface area contributed by atoms with Crippen LogP contribution in [0.1, 0.15) is 10.4 Å². The molecule has 1 N–H and O–H groups in total. The van der Waals surface area contributed by atoms with Gasteiger partial charge in [-0.15, -0.1) is 11.8 Å². The third-order valence-electron chi connectivity index (χ3n) is 6.12. The van der Waals surface area contributed by atoms with Crippen LogP contribution >= 0.6 is 11.8 Å². The first-order valence-corrected chi connectivity index (χ1v) is 12.5. The molecule has 1 aliphatic heterocycles. The lowest BCUT2D eigenvalue weighted by Gasteiger charge is -2.26. The molecule has 1 fully saturated rings. The van der Waals surface area contributed by atoms with E-state index in [1.807, 2.05) is 59.5 Å². The van der Waals surface area contributed by atoms with Crippen molar-refractivity contribution in [3.63, 3.8) is 0 Å². The van der Waals surface area contributed by atoms with E-state index in [0.717, 1.165) is 26.6 Å². The fourth-order valence-electron chi connectivity index (χ4n) is 4.28. The molecule has 1 aromatic heterocycles. The largest absolute Gasteiger partial charge is 0.378 e. The van der Waals surface area contributed by atoms with Gasteiger partial charge in [0.05, 0.1) is 19.0 Å². The van der Waals surface area contributed by atoms with Crippen LogP contribution in [0.2, 0.25) is 0 Å². The molecule has 0 bridgehead atoms. The Morgan fingerprint density at radius 2 is 1.71 bits per heavy atom. The number of nitrogens with zero attached hydrogens (tertiary/aromatic N) is 2. The molecule has 0 atom stereocenters. The molecule has 174 valence electrons. The van der Waals surface area contributed by atoms with E-state index in [-0.39, 0.29) is 11.8 Å². The number of hydrogen-bond acceptors (Lipinski definition) is 4. The fourth-order valence-corrected chi connectivity index (χ4v) is 5.27. The van der Waals surface area contributed by atoms with Crippen molar-refractivity contribution in [3.05, 3.63) is 78.5 Å². The van der Waals surface area contributed by atoms with Crippen molar-refractivity contribution in [2.75, 3.05) is 38.6 Å². The summed E-state index contributed by atoms with van der Waals surface area (Å²) in [5.74, 6) is 0.480. The van der Waals surface area contributed by atoms with Crippen molar-refractivity contribution in [1.82, 2.24) is 14.8 Å². The van der Waals surface area contributed by atoms with Crippen molar-refractivity contribution in [1.29, 1.82) is 0 Å². The molecule has 34 heavy (non-hydrogen) atoms. The number of nitrogens with one attached hydrogen (secondary N) is 1. The SMILES string of the molecule is O=C(NCCn1cc(SCC(=O)N2CCOCC2)c2ccccc21)c1ccc2ccccc2c1. The first-order chi connectivity index (χ1) is 16.7. The molecule has 2 heterocycles. The molecule has 5 rings (SSSR count). The van der Waals surface area contributed by atoms with Gasteiger partial charge in [-0.25, -0.2) is 0 Å². The van der Waals surface area contributed by atoms with E-state index >= 15 is 0 Å². The van der Waals surface area contributed by atoms with Crippen molar-refractivity contribution < 1.29 is 14.3 Å². The zero-order chi connectivity index (χ0) is 23.3. The lowest BCUT2D eigenvalue weighted by molar-refractivity contribution is -0.132. The highest BCUT2D eigenvalue weighted by Gasteiger charge is 2.18. The lowest BCUT2D eigenvalue weighted by Crippen LogP contribution is -2.41. The highest BCUT2D eigenvalue weighted by molar-refractivity contribution is 8.00. The van der Waals surface area contributed by atoms with Gasteiger partial charge in [0.1, 0.15) is 0 Å². The van der Waals surface area contributed by atoms with Crippen molar-refractivity contribution in [2.45, 2.75) is 11.4 Å². The Morgan fingerprint density at radius 3 is 2.56 bits per heavy atom. The number of hydrogen-bond donors (Lipinski definition) is 1. The van der Waals surface area contributed by atoms with Crippen molar-refractivity contribution >= 4 is 45.3 Å². The maximum Gasteiger partial charge on any atom is 0.251 e. The van der Waals surface area contributed by atoms with E-state index in [1.54, 1.807) is 11.8 Å². The number of benzene rings is 3. The number of amides is 2. The highest BCUT2D eigenvalue weighted by Crippen LogP contribution is 2.30. The van der Waals surface area contributed by atoms with Crippen LogP contribution in [0.5, 0.6) is 0 Å². The van der Waals surface area contributed by atoms with Crippen LogP contribution < -0.4 is 5.32 Å². The minimum absolute atomic E-state index is 0.0760. The second-order valence-electron chi connectivity index (χ2n) is 8.30. The van der Waals surface area contributed by atoms with Gasteiger partial charge in [0.25, 0.3) is 5.91 Å². The number of para-hydroxylation sites is 1. The summed E-state index contributed by atoms with van der Waals surface area (Å²) < 4.78 is 7.49. The molecular formula is C27H27N3O3S. The monoisotopic (exact) mass is 473 g/mol. The first kappa shape index (κ1) is 22.5. The van der Waals surface area contributed by atoms with Crippen LogP contribution in [0, 0.1) is 0 Å². The van der Waals surface area contributed by atoms with Crippen molar-refractivity contribution in [2.24, 2.45) is 0 Å². The van der Waals surface area contributed by atoms with Crippen LogP contribution in [-0.2, 0) is 16.1 Å². The zero-order valence-electron chi connectivity index (χ0n) is 18.9. The number of fused-ring (bicyclic) bond motifs is 2. The molecule has 1 saturated heterocycles. The summed E-state index contributed by atoms with van der Waals surface area (Å²) in [6.07, 6.45) is 2.09. The standard InChI is InChI=1S/C27H27N3O3S/c31-26(29-13-15-33-16-14-29)19-34-25-18-30(24-8-4-3-7-23(24)25)12-11-28-27(32)22-10-9-20-5-1-2-6-21(20)17-22/h1-10,17-18H,11-16,19H2,(H,28,32). The van der Waals surface area contributed by atoms with Crippen LogP contribution in [0.15, 0.2) is 77.8 Å². The smallest absolute Gasteiger partial charge is 0.251 e. The van der Waals surface area contributed by atoms with Crippen LogP contribution in [-0.4, -0.2) is 59.9 Å². The summed E-state index contributed by atoms with van der Waals surface area (Å²) >= 11 is 1.57. The summed E-state index contributed by atoms with van der Waals surface area (Å²) in [7, 11) is 0. The third-order valence-corrected chi connectivity index (χ3v) is 7.14. The molecule has 4 aromatic rings. The summed E-state index contributed by atoms with van der Waals surface area (Å²) in [6, 6.07) is 22.0. The summed E-state index contributed by atoms with van der Waals surface area (Å²) in [5.41, 5.74) is 1.76. The van der Waals surface area contributed by atoms with Gasteiger partial charge in [0.15, 0.2) is 0 Å². The Hall–Kier alpha value is -3.29. The average Bonchev–Trinajstić information content (AvgIpc) is 3.25. The zero-order valence-corrected chi connectivity index (χ0v) is 19.7. The van der Waals surface area contributed by atoms with Crippen molar-refractivity contribution in [3.8, 4) is 0 Å². The van der Waals surface area contributed by atoms with Crippen LogP contribution in [0.25, 0.3) is 21.7 Å². The highest BCUT2D eigenvalue weighted by atomic mass is 32.2. The third kappa shape index (κ3) is 4.95. The van der Waals surface area contributed by atoms with E-state index in [4.69, 9.17) is 4.74 Å². The summed E-state index contributed by atoms with van der Waals surface area (Å²) in [4.78, 5) is 28.2. The molecule has 0 spiro atoms. The van der Waals surface area contributed by atoms with E-state index in [2.05, 4.69) is 28.2 Å². The topological polar surface area (TPSA) is 63.6 Å². The van der Waals surface area contributed by atoms with Crippen LogP contribution in [0.4, 0.5) is 0 Å². The molecule has 6 nitrogen and oxygen atoms in total. The molecule has 0 unspecified atom stereocenters. The van der Waals surface area contributed by atoms with E-state index in [9.17, 15) is 9.59 Å². The fraction of sp³-hybridized carbons (Fsp3) is 0.259. The second-order valence-corrected chi connectivity index (χ2v) is 9.32. The number of aromatic nitrogens is 1. The first-order valence-electron chi connectivity index (χ1n) is 11.5. The van der Waals surface area contributed by atoms with Gasteiger partial charge < -0.3 is 19.5 Å². The molecule has 1 aliphatic rings. The number of morpholine rings is 1. The Balaban J connectivity index is 1.23. The van der Waals surface area contributed by atoms with Gasteiger partial charge in [-0.3, -0.25) is 9.59 Å². The Labute approximate surface area is 202 Å². The number of carbonyl (C=O) groups excluding carboxylic acids is 2. The normalized spacial score (nSPS) is 13.9. The van der Waals surface area contributed by atoms with Gasteiger partial charge in [0, 0.05) is 53.7 Å². The molecule has 3 aromatic carbocycles. The summed E-state index contributed by atoms with van der Waals surface area (Å²) in [6.45, 7) is 3.72. The van der Waals surface area contributed by atoms with Gasteiger partial charge in [-0.2, -0.15) is 0 Å². The molecule has 0 saturated carbocycles. The maximum absolute atomic E-state index is 12.7. The Kier molecular flexibility index (Phi) is 6.83. The van der Waals surface area contributed by atoms with E-state index in [0.29, 0.717) is 50.7 Å². The molecule has 0 radical (unpaired) electrons. The predicted molar refractivity (Wildman–Crippen MR) is 136 cm³/mol. The Bertz CT molecular complexity index is 1330. The average molecular weight is 474 g/mol. The predicted octanol–water partition coefficient (Wildman–Crippen LogP) is 4.18. The number of carbonyl (C=O) groups is 2. The number of ether oxygens (including phenoxy) is 1. The molecule has 7 heteroatoms. The number of thioether (sulfide) groups is 1. The molecule has 0 aliphatic carbocycles. The minimum atomic E-state index is -0.0760.